The van der Waals surface area contributed by atoms with Crippen molar-refractivity contribution in [2.75, 3.05) is 45.9 Å². The van der Waals surface area contributed by atoms with Crippen LogP contribution in [0.1, 0.15) is 30.0 Å². The van der Waals surface area contributed by atoms with Gasteiger partial charge in [-0.05, 0) is 31.2 Å². The molecule has 1 unspecified atom stereocenters. The number of hydrogen-bond acceptors (Lipinski definition) is 4. The highest BCUT2D eigenvalue weighted by Gasteiger charge is 2.28. The van der Waals surface area contributed by atoms with Gasteiger partial charge in [0.2, 0.25) is 5.91 Å². The number of nitrogens with zero attached hydrogens (tertiary/aromatic N) is 2. The molecule has 1 atom stereocenters. The van der Waals surface area contributed by atoms with Gasteiger partial charge in [0.05, 0.1) is 13.2 Å². The number of amides is 1. The Morgan fingerprint density at radius 3 is 2.27 bits per heavy atom. The summed E-state index contributed by atoms with van der Waals surface area (Å²) < 4.78 is 5.40. The van der Waals surface area contributed by atoms with E-state index in [1.807, 2.05) is 36.1 Å². The van der Waals surface area contributed by atoms with E-state index in [-0.39, 0.29) is 30.7 Å². The van der Waals surface area contributed by atoms with E-state index in [0.717, 1.165) is 64.3 Å². The number of hydrogen-bond donors (Lipinski definition) is 1. The summed E-state index contributed by atoms with van der Waals surface area (Å²) in [6.07, 6.45) is 2.15. The molecule has 3 rings (SSSR count). The molecule has 2 aliphatic heterocycles. The second-order valence-electron chi connectivity index (χ2n) is 7.07. The summed E-state index contributed by atoms with van der Waals surface area (Å²) in [4.78, 5) is 17.1. The lowest BCUT2D eigenvalue weighted by atomic mass is 9.95. The zero-order chi connectivity index (χ0) is 16.9. The van der Waals surface area contributed by atoms with Gasteiger partial charge in [0.15, 0.2) is 0 Å². The first kappa shape index (κ1) is 23.2. The summed E-state index contributed by atoms with van der Waals surface area (Å²) in [5.74, 6) is 0.742. The zero-order valence-electron chi connectivity index (χ0n) is 15.4. The standard InChI is InChI=1S/C19H29N3O2.2ClH/c1-15-2-4-17(5-3-15)18(20)19(23)22-8-6-16(7-9-22)14-21-10-12-24-13-11-21;;/h2-5,16,18H,6-14,20H2,1H3;2*1H. The average Bonchev–Trinajstić information content (AvgIpc) is 2.63. The Kier molecular flexibility index (Phi) is 9.90. The number of aryl methyl sites for hydroxylation is 1. The van der Waals surface area contributed by atoms with Crippen molar-refractivity contribution in [3.8, 4) is 0 Å². The van der Waals surface area contributed by atoms with Crippen molar-refractivity contribution >= 4 is 30.7 Å². The largest absolute Gasteiger partial charge is 0.379 e. The van der Waals surface area contributed by atoms with Crippen LogP contribution < -0.4 is 5.73 Å². The van der Waals surface area contributed by atoms with Crippen LogP contribution in [0.4, 0.5) is 0 Å². The number of rotatable bonds is 4. The van der Waals surface area contributed by atoms with Gasteiger partial charge in [0.25, 0.3) is 0 Å². The van der Waals surface area contributed by atoms with E-state index < -0.39 is 6.04 Å². The third kappa shape index (κ3) is 6.10. The lowest BCUT2D eigenvalue weighted by molar-refractivity contribution is -0.134. The molecule has 2 fully saturated rings. The van der Waals surface area contributed by atoms with E-state index in [1.165, 1.54) is 5.56 Å². The van der Waals surface area contributed by atoms with Gasteiger partial charge in [0, 0.05) is 32.7 Å². The summed E-state index contributed by atoms with van der Waals surface area (Å²) >= 11 is 0. The van der Waals surface area contributed by atoms with Crippen LogP contribution in [-0.4, -0.2) is 61.6 Å². The van der Waals surface area contributed by atoms with Gasteiger partial charge in [-0.1, -0.05) is 29.8 Å². The molecular weight excluding hydrogens is 373 g/mol. The minimum atomic E-state index is -0.540. The molecule has 1 aromatic carbocycles. The van der Waals surface area contributed by atoms with Crippen molar-refractivity contribution in [3.63, 3.8) is 0 Å². The van der Waals surface area contributed by atoms with Crippen LogP contribution in [0.3, 0.4) is 0 Å². The number of morpholine rings is 1. The third-order valence-electron chi connectivity index (χ3n) is 5.25. The third-order valence-corrected chi connectivity index (χ3v) is 5.25. The molecule has 2 heterocycles. The Bertz CT molecular complexity index is 542. The van der Waals surface area contributed by atoms with Gasteiger partial charge in [-0.3, -0.25) is 9.69 Å². The fourth-order valence-corrected chi connectivity index (χ4v) is 3.60. The molecule has 7 heteroatoms. The minimum absolute atomic E-state index is 0. The predicted molar refractivity (Wildman–Crippen MR) is 109 cm³/mol. The van der Waals surface area contributed by atoms with Crippen LogP contribution in [-0.2, 0) is 9.53 Å². The molecule has 0 saturated carbocycles. The van der Waals surface area contributed by atoms with E-state index in [0.29, 0.717) is 5.92 Å². The number of nitrogens with two attached hydrogens (primary N) is 1. The van der Waals surface area contributed by atoms with Crippen LogP contribution in [0, 0.1) is 12.8 Å². The fourth-order valence-electron chi connectivity index (χ4n) is 3.60. The summed E-state index contributed by atoms with van der Waals surface area (Å²) in [7, 11) is 0. The summed E-state index contributed by atoms with van der Waals surface area (Å²) in [6.45, 7) is 8.60. The second kappa shape index (κ2) is 11.1. The Labute approximate surface area is 169 Å². The molecule has 0 spiro atoms. The number of likely N-dealkylation sites (tertiary alicyclic amines) is 1. The van der Waals surface area contributed by atoms with Gasteiger partial charge in [0.1, 0.15) is 6.04 Å². The van der Waals surface area contributed by atoms with E-state index in [2.05, 4.69) is 4.90 Å². The van der Waals surface area contributed by atoms with Gasteiger partial charge in [-0.15, -0.1) is 24.8 Å². The molecule has 0 radical (unpaired) electrons. The van der Waals surface area contributed by atoms with Gasteiger partial charge >= 0.3 is 0 Å². The average molecular weight is 404 g/mol. The van der Waals surface area contributed by atoms with Crippen molar-refractivity contribution in [3.05, 3.63) is 35.4 Å². The lowest BCUT2D eigenvalue weighted by Crippen LogP contribution is -2.46. The van der Waals surface area contributed by atoms with Crippen LogP contribution in [0.5, 0.6) is 0 Å². The highest BCUT2D eigenvalue weighted by atomic mass is 35.5. The maximum absolute atomic E-state index is 12.7. The number of halogens is 2. The number of carbonyl (C=O) groups is 1. The van der Waals surface area contributed by atoms with Crippen molar-refractivity contribution in [1.82, 2.24) is 9.80 Å². The first-order valence-corrected chi connectivity index (χ1v) is 9.04. The molecular formula is C19H31Cl2N3O2. The van der Waals surface area contributed by atoms with Gasteiger partial charge in [-0.2, -0.15) is 0 Å². The first-order chi connectivity index (χ1) is 11.6. The minimum Gasteiger partial charge on any atom is -0.379 e. The molecule has 0 bridgehead atoms. The molecule has 2 saturated heterocycles. The first-order valence-electron chi connectivity index (χ1n) is 9.04. The van der Waals surface area contributed by atoms with Crippen molar-refractivity contribution in [1.29, 1.82) is 0 Å². The van der Waals surface area contributed by atoms with Crippen LogP contribution >= 0.6 is 24.8 Å². The summed E-state index contributed by atoms with van der Waals surface area (Å²) in [5.41, 5.74) is 8.28. The van der Waals surface area contributed by atoms with Crippen molar-refractivity contribution in [2.45, 2.75) is 25.8 Å². The molecule has 2 aliphatic rings. The second-order valence-corrected chi connectivity index (χ2v) is 7.07. The van der Waals surface area contributed by atoms with Gasteiger partial charge < -0.3 is 15.4 Å². The molecule has 5 nitrogen and oxygen atoms in total. The molecule has 1 amide bonds. The Morgan fingerprint density at radius 1 is 1.12 bits per heavy atom. The molecule has 148 valence electrons. The quantitative estimate of drug-likeness (QED) is 0.838. The summed E-state index contributed by atoms with van der Waals surface area (Å²) in [5, 5.41) is 0. The van der Waals surface area contributed by atoms with Crippen LogP contribution in [0.25, 0.3) is 0 Å². The van der Waals surface area contributed by atoms with Crippen LogP contribution in [0.15, 0.2) is 24.3 Å². The fraction of sp³-hybridized carbons (Fsp3) is 0.632. The lowest BCUT2D eigenvalue weighted by Gasteiger charge is -2.36. The van der Waals surface area contributed by atoms with E-state index in [1.54, 1.807) is 0 Å². The number of benzene rings is 1. The normalized spacial score (nSPS) is 20.0. The van der Waals surface area contributed by atoms with Gasteiger partial charge in [-0.25, -0.2) is 0 Å². The highest BCUT2D eigenvalue weighted by Crippen LogP contribution is 2.22. The Morgan fingerprint density at radius 2 is 1.69 bits per heavy atom. The number of ether oxygens (including phenoxy) is 1. The van der Waals surface area contributed by atoms with E-state index in [4.69, 9.17) is 10.5 Å². The Balaban J connectivity index is 0.00000169. The van der Waals surface area contributed by atoms with Crippen molar-refractivity contribution in [2.24, 2.45) is 11.7 Å². The van der Waals surface area contributed by atoms with Crippen LogP contribution in [0.2, 0.25) is 0 Å². The highest BCUT2D eigenvalue weighted by molar-refractivity contribution is 5.85. The molecule has 0 aromatic heterocycles. The maximum atomic E-state index is 12.7. The summed E-state index contributed by atoms with van der Waals surface area (Å²) in [6, 6.07) is 7.40. The smallest absolute Gasteiger partial charge is 0.244 e. The molecule has 2 N–H and O–H groups in total. The number of carbonyl (C=O) groups excluding carboxylic acids is 1. The zero-order valence-corrected chi connectivity index (χ0v) is 17.1. The number of piperidine rings is 1. The predicted octanol–water partition coefficient (Wildman–Crippen LogP) is 2.41. The monoisotopic (exact) mass is 403 g/mol. The topological polar surface area (TPSA) is 58.8 Å². The SMILES string of the molecule is Cc1ccc(C(N)C(=O)N2CCC(CN3CCOCC3)CC2)cc1.Cl.Cl. The van der Waals surface area contributed by atoms with E-state index in [9.17, 15) is 4.79 Å². The molecule has 0 aliphatic carbocycles. The molecule has 1 aromatic rings. The molecule has 26 heavy (non-hydrogen) atoms. The van der Waals surface area contributed by atoms with Crippen molar-refractivity contribution < 1.29 is 9.53 Å². The Hall–Kier alpha value is -0.850. The maximum Gasteiger partial charge on any atom is 0.244 e. The van der Waals surface area contributed by atoms with E-state index >= 15 is 0 Å².